The van der Waals surface area contributed by atoms with Crippen LogP contribution in [0.5, 0.6) is 0 Å². The van der Waals surface area contributed by atoms with Gasteiger partial charge in [0.05, 0.1) is 21.3 Å². The van der Waals surface area contributed by atoms with Crippen LogP contribution in [0.1, 0.15) is 16.7 Å². The van der Waals surface area contributed by atoms with E-state index in [9.17, 15) is 14.4 Å². The Balaban J connectivity index is 0.000000843. The van der Waals surface area contributed by atoms with E-state index >= 15 is 0 Å². The number of anilines is 3. The summed E-state index contributed by atoms with van der Waals surface area (Å²) in [7, 11) is 4.48. The van der Waals surface area contributed by atoms with Crippen molar-refractivity contribution in [3.63, 3.8) is 0 Å². The van der Waals surface area contributed by atoms with Gasteiger partial charge in [-0.25, -0.2) is 0 Å². The first kappa shape index (κ1) is 57.9. The maximum absolute atomic E-state index is 11.9. The van der Waals surface area contributed by atoms with Crippen LogP contribution in [0.3, 0.4) is 0 Å². The molecule has 0 spiro atoms. The molecule has 3 aliphatic carbocycles. The molecule has 0 amide bonds. The smallest absolute Gasteiger partial charge is 0.753 e. The van der Waals surface area contributed by atoms with Crippen molar-refractivity contribution in [3.8, 4) is 0 Å². The number of carbonyl (C=O) groups is 3. The number of hydrogen-bond donors (Lipinski definition) is 3. The summed E-state index contributed by atoms with van der Waals surface area (Å²) in [6, 6.07) is 23.9. The second kappa shape index (κ2) is 34.4. The molecule has 3 aromatic rings. The quantitative estimate of drug-likeness (QED) is 0.105. The zero-order valence-electron chi connectivity index (χ0n) is 35.9. The molecule has 16 heteroatoms. The summed E-state index contributed by atoms with van der Waals surface area (Å²) < 4.78 is 15.0. The molecule has 3 aliphatic rings. The molecule has 3 aromatic carbocycles. The van der Waals surface area contributed by atoms with Crippen molar-refractivity contribution in [1.29, 1.82) is 0 Å². The molecule has 12 nitrogen and oxygen atoms in total. The van der Waals surface area contributed by atoms with Crippen molar-refractivity contribution in [3.05, 3.63) is 213 Å². The molecule has 3 N–H and O–H groups in total. The van der Waals surface area contributed by atoms with Crippen LogP contribution in [0.2, 0.25) is 0 Å². The molecule has 0 atom stereocenters. The minimum atomic E-state index is -0.111. The van der Waals surface area contributed by atoms with E-state index in [1.165, 1.54) is 53.5 Å². The Morgan fingerprint density at radius 2 is 0.656 bits per heavy atom. The largest absolute Gasteiger partial charge is 3.00 e. The number of methoxy groups -OCH3 is 3. The van der Waals surface area contributed by atoms with Crippen molar-refractivity contribution >= 4 is 86.5 Å². The third-order valence-corrected chi connectivity index (χ3v) is 8.03. The van der Waals surface area contributed by atoms with E-state index in [2.05, 4.69) is 52.6 Å². The number of Topliss-reactive ketones (excluding diaryl/α,β-unsaturated/α-hetero) is 3. The van der Waals surface area contributed by atoms with Gasteiger partial charge in [0.2, 0.25) is 17.3 Å². The number of ether oxygens (including phenoxy) is 3. The van der Waals surface area contributed by atoms with Crippen molar-refractivity contribution in [1.82, 2.24) is 0 Å². The van der Waals surface area contributed by atoms with Crippen LogP contribution in [0, 0.1) is 62.5 Å². The number of benzene rings is 3. The summed E-state index contributed by atoms with van der Waals surface area (Å²) in [5.74, 6) is 0.734. The van der Waals surface area contributed by atoms with E-state index in [0.717, 1.165) is 17.1 Å². The normalized spacial score (nSPS) is 14.4. The van der Waals surface area contributed by atoms with Gasteiger partial charge >= 0.3 is 41.7 Å². The third-order valence-electron chi connectivity index (χ3n) is 8.03. The second-order valence-corrected chi connectivity index (χ2v) is 12.9. The van der Waals surface area contributed by atoms with Gasteiger partial charge in [-0.1, -0.05) is 108 Å². The van der Waals surface area contributed by atoms with Crippen molar-refractivity contribution in [2.24, 2.45) is 0 Å². The SMILES string of the molecule is COC1=CC=C/C(=C/Nc2ccc(C)cc2)C1=O.COC1=CC=C/C(=C/Nc2ccc(C)cc2)C1=O.COC1=CC=C/C(=C/Nc2ccc(C)cc2)C1=O.[Ce+3].[N-]=C=S.[N-]=C=S.[N-]=C=S. The molecular formula is C48H45CeN6O6S3. The van der Waals surface area contributed by atoms with Crippen molar-refractivity contribution in [2.75, 3.05) is 37.3 Å². The maximum atomic E-state index is 11.9. The first-order valence-electron chi connectivity index (χ1n) is 18.4. The fraction of sp³-hybridized carbons (Fsp3) is 0.125. The number of carbonyl (C=O) groups excluding carboxylic acids is 3. The number of thiocarbonyl (C=S) groups is 3. The van der Waals surface area contributed by atoms with E-state index in [4.69, 9.17) is 30.4 Å². The molecule has 0 heterocycles. The van der Waals surface area contributed by atoms with Gasteiger partial charge in [-0.2, -0.15) is 15.5 Å². The summed E-state index contributed by atoms with van der Waals surface area (Å²) in [6.45, 7) is 6.10. The number of aryl methyl sites for hydroxylation is 3. The third kappa shape index (κ3) is 22.3. The van der Waals surface area contributed by atoms with E-state index in [-0.39, 0.29) is 59.1 Å². The minimum absolute atomic E-state index is 0. The zero-order chi connectivity index (χ0) is 47.0. The fourth-order valence-corrected chi connectivity index (χ4v) is 4.85. The molecule has 0 unspecified atom stereocenters. The number of rotatable bonds is 9. The molecule has 0 aliphatic heterocycles. The molecule has 325 valence electrons. The molecular weight excluding hydrogens is 993 g/mol. The second-order valence-electron chi connectivity index (χ2n) is 12.4. The number of isothiocyanates is 3. The first-order valence-corrected chi connectivity index (χ1v) is 19.6. The van der Waals surface area contributed by atoms with E-state index in [1.54, 1.807) is 73.3 Å². The van der Waals surface area contributed by atoms with E-state index in [0.29, 0.717) is 34.0 Å². The van der Waals surface area contributed by atoms with Crippen LogP contribution in [-0.2, 0) is 28.6 Å². The van der Waals surface area contributed by atoms with Gasteiger partial charge in [0.15, 0.2) is 17.3 Å². The van der Waals surface area contributed by atoms with Crippen molar-refractivity contribution in [2.45, 2.75) is 20.8 Å². The summed E-state index contributed by atoms with van der Waals surface area (Å²) in [5, 5.41) is 34.7. The molecule has 0 fully saturated rings. The zero-order valence-corrected chi connectivity index (χ0v) is 41.5. The summed E-state index contributed by atoms with van der Waals surface area (Å²) in [4.78, 5) is 35.6. The van der Waals surface area contributed by atoms with E-state index < -0.39 is 0 Å². The predicted molar refractivity (Wildman–Crippen MR) is 264 cm³/mol. The Morgan fingerprint density at radius 3 is 0.844 bits per heavy atom. The van der Waals surface area contributed by atoms with Crippen LogP contribution in [0.25, 0.3) is 16.2 Å². The average molecular weight is 1040 g/mol. The molecule has 0 aromatic heterocycles. The molecule has 1 radical (unpaired) electrons. The summed E-state index contributed by atoms with van der Waals surface area (Å²) in [5.41, 5.74) is 8.18. The van der Waals surface area contributed by atoms with Crippen LogP contribution in [-0.4, -0.2) is 54.2 Å². The number of ketones is 3. The van der Waals surface area contributed by atoms with Gasteiger partial charge < -0.3 is 46.4 Å². The van der Waals surface area contributed by atoms with Gasteiger partial charge in [-0.3, -0.25) is 14.4 Å². The summed E-state index contributed by atoms with van der Waals surface area (Å²) >= 11 is 11.1. The molecule has 6 rings (SSSR count). The monoisotopic (exact) mass is 1040 g/mol. The Labute approximate surface area is 424 Å². The first-order chi connectivity index (χ1) is 30.4. The summed E-state index contributed by atoms with van der Waals surface area (Å²) in [6.07, 6.45) is 20.7. The minimum Gasteiger partial charge on any atom is -0.753 e. The Bertz CT molecular complexity index is 2140. The maximum Gasteiger partial charge on any atom is 3.00 e. The van der Waals surface area contributed by atoms with E-state index in [1.807, 2.05) is 93.6 Å². The number of allylic oxidation sites excluding steroid dienone is 12. The molecule has 0 bridgehead atoms. The number of nitrogens with one attached hydrogen (secondary N) is 3. The molecule has 0 saturated carbocycles. The van der Waals surface area contributed by atoms with Crippen LogP contribution >= 0.6 is 36.7 Å². The van der Waals surface area contributed by atoms with Crippen LogP contribution < -0.4 is 16.0 Å². The van der Waals surface area contributed by atoms with Gasteiger partial charge in [0.25, 0.3) is 0 Å². The predicted octanol–water partition coefficient (Wildman–Crippen LogP) is 10.9. The average Bonchev–Trinajstić information content (AvgIpc) is 3.28. The topological polar surface area (TPSA) is 182 Å². The number of hydrogen-bond acceptors (Lipinski definition) is 12. The Morgan fingerprint density at radius 1 is 0.453 bits per heavy atom. The van der Waals surface area contributed by atoms with Crippen LogP contribution in [0.15, 0.2) is 180 Å². The number of nitrogens with zero attached hydrogens (tertiary/aromatic N) is 3. The Kier molecular flexibility index (Phi) is 31.1. The fourth-order valence-electron chi connectivity index (χ4n) is 4.85. The van der Waals surface area contributed by atoms with Gasteiger partial charge in [-0.15, -0.1) is 0 Å². The van der Waals surface area contributed by atoms with Gasteiger partial charge in [-0.05, 0) is 93.6 Å². The van der Waals surface area contributed by atoms with Crippen molar-refractivity contribution < 1.29 is 70.3 Å². The molecule has 0 saturated heterocycles. The van der Waals surface area contributed by atoms with Gasteiger partial charge in [0.1, 0.15) is 0 Å². The Hall–Kier alpha value is -6.09. The van der Waals surface area contributed by atoms with Crippen LogP contribution in [0.4, 0.5) is 17.1 Å². The standard InChI is InChI=1S/3C15H15NO2.3CNS.Ce/c3*1-11-6-8-13(9-7-11)16-10-12-4-3-5-14(18-2)15(12)17;3*2-1-3;/h3*3-10,16H,1-2H3;;;;/q;;;3*-1;+3/b3*12-10-;;;;. The van der Waals surface area contributed by atoms with Gasteiger partial charge in [0, 0.05) is 52.4 Å². The molecule has 64 heavy (non-hydrogen) atoms.